The standard InChI is InChI=1S/C13H11F4N5O2S/c14-8-4-2-1-3-7(8)10-20-12(22-21-10)25-5-9(23)19-11(24)18-6-13(15,16)17/h1-4H,5-6H2,(H,20,21,22)(H2,18,19,23,24). The van der Waals surface area contributed by atoms with E-state index in [4.69, 9.17) is 0 Å². The molecule has 25 heavy (non-hydrogen) atoms. The number of halogens is 4. The Labute approximate surface area is 142 Å². The Balaban J connectivity index is 1.83. The number of thioether (sulfide) groups is 1. The average molecular weight is 377 g/mol. The molecular formula is C13H11F4N5O2S. The number of aromatic nitrogens is 3. The van der Waals surface area contributed by atoms with E-state index in [-0.39, 0.29) is 22.3 Å². The molecular weight excluding hydrogens is 366 g/mol. The number of aromatic amines is 1. The molecule has 0 saturated carbocycles. The SMILES string of the molecule is O=C(CSc1n[nH]c(-c2ccccc2F)n1)NC(=O)NCC(F)(F)F. The molecule has 0 aliphatic carbocycles. The van der Waals surface area contributed by atoms with E-state index in [0.29, 0.717) is 0 Å². The molecule has 0 aliphatic heterocycles. The first kappa shape index (κ1) is 18.7. The van der Waals surface area contributed by atoms with Crippen LogP contribution < -0.4 is 10.6 Å². The first-order chi connectivity index (χ1) is 11.7. The van der Waals surface area contributed by atoms with Gasteiger partial charge in [0, 0.05) is 0 Å². The zero-order chi connectivity index (χ0) is 18.4. The first-order valence-electron chi connectivity index (χ1n) is 6.69. The van der Waals surface area contributed by atoms with E-state index >= 15 is 0 Å². The zero-order valence-corrected chi connectivity index (χ0v) is 13.2. The second kappa shape index (κ2) is 7.96. The van der Waals surface area contributed by atoms with E-state index in [1.54, 1.807) is 11.4 Å². The third-order valence-corrected chi connectivity index (χ3v) is 3.48. The van der Waals surface area contributed by atoms with Crippen molar-refractivity contribution >= 4 is 23.7 Å². The molecule has 1 heterocycles. The Morgan fingerprint density at radius 3 is 2.64 bits per heavy atom. The van der Waals surface area contributed by atoms with Gasteiger partial charge in [0.15, 0.2) is 5.82 Å². The molecule has 1 aromatic carbocycles. The summed E-state index contributed by atoms with van der Waals surface area (Å²) in [7, 11) is 0. The molecule has 0 atom stereocenters. The van der Waals surface area contributed by atoms with Gasteiger partial charge >= 0.3 is 12.2 Å². The predicted molar refractivity (Wildman–Crippen MR) is 80.1 cm³/mol. The van der Waals surface area contributed by atoms with Crippen LogP contribution in [0.1, 0.15) is 0 Å². The maximum Gasteiger partial charge on any atom is 0.405 e. The largest absolute Gasteiger partial charge is 0.405 e. The summed E-state index contributed by atoms with van der Waals surface area (Å²) >= 11 is 0.825. The number of imide groups is 1. The van der Waals surface area contributed by atoms with Gasteiger partial charge in [-0.2, -0.15) is 13.2 Å². The highest BCUT2D eigenvalue weighted by Crippen LogP contribution is 2.21. The van der Waals surface area contributed by atoms with Crippen molar-refractivity contribution in [2.75, 3.05) is 12.3 Å². The summed E-state index contributed by atoms with van der Waals surface area (Å²) in [5.74, 6) is -1.49. The van der Waals surface area contributed by atoms with E-state index in [1.165, 1.54) is 23.5 Å². The molecule has 134 valence electrons. The van der Waals surface area contributed by atoms with Crippen LogP contribution in [0.4, 0.5) is 22.4 Å². The third kappa shape index (κ3) is 6.06. The predicted octanol–water partition coefficient (Wildman–Crippen LogP) is 2.09. The molecule has 0 fully saturated rings. The summed E-state index contributed by atoms with van der Waals surface area (Å²) in [6.45, 7) is -1.55. The topological polar surface area (TPSA) is 99.8 Å². The molecule has 2 rings (SSSR count). The third-order valence-electron chi connectivity index (χ3n) is 2.63. The van der Waals surface area contributed by atoms with E-state index in [0.717, 1.165) is 11.8 Å². The Hall–Kier alpha value is -2.63. The van der Waals surface area contributed by atoms with Crippen LogP contribution in [-0.2, 0) is 4.79 Å². The minimum absolute atomic E-state index is 0.115. The van der Waals surface area contributed by atoms with Crippen molar-refractivity contribution < 1.29 is 27.2 Å². The second-order valence-corrected chi connectivity index (χ2v) is 5.52. The van der Waals surface area contributed by atoms with Crippen LogP contribution in [0.5, 0.6) is 0 Å². The van der Waals surface area contributed by atoms with E-state index in [9.17, 15) is 27.2 Å². The zero-order valence-electron chi connectivity index (χ0n) is 12.4. The van der Waals surface area contributed by atoms with Gasteiger partial charge in [-0.3, -0.25) is 15.2 Å². The number of carbonyl (C=O) groups is 2. The van der Waals surface area contributed by atoms with Gasteiger partial charge < -0.3 is 5.32 Å². The molecule has 0 radical (unpaired) electrons. The Kier molecular flexibility index (Phi) is 5.96. The van der Waals surface area contributed by atoms with Gasteiger partial charge in [-0.25, -0.2) is 14.2 Å². The summed E-state index contributed by atoms with van der Waals surface area (Å²) in [4.78, 5) is 26.6. The number of nitrogens with zero attached hydrogens (tertiary/aromatic N) is 2. The van der Waals surface area contributed by atoms with E-state index in [1.807, 2.05) is 0 Å². The maximum absolute atomic E-state index is 13.6. The van der Waals surface area contributed by atoms with Gasteiger partial charge in [-0.1, -0.05) is 23.9 Å². The van der Waals surface area contributed by atoms with Crippen molar-refractivity contribution in [1.82, 2.24) is 25.8 Å². The number of benzene rings is 1. The van der Waals surface area contributed by atoms with Crippen LogP contribution in [0.3, 0.4) is 0 Å². The van der Waals surface area contributed by atoms with Gasteiger partial charge in [0.2, 0.25) is 11.1 Å². The van der Waals surface area contributed by atoms with Gasteiger partial charge in [0.25, 0.3) is 0 Å². The van der Waals surface area contributed by atoms with Gasteiger partial charge in [-0.15, -0.1) is 5.10 Å². The van der Waals surface area contributed by atoms with Crippen LogP contribution in [0.15, 0.2) is 29.4 Å². The Bertz CT molecular complexity index is 765. The number of nitrogens with one attached hydrogen (secondary N) is 3. The molecule has 0 bridgehead atoms. The van der Waals surface area contributed by atoms with E-state index in [2.05, 4.69) is 15.2 Å². The summed E-state index contributed by atoms with van der Waals surface area (Å²) in [6.07, 6.45) is -4.57. The summed E-state index contributed by atoms with van der Waals surface area (Å²) in [5, 5.41) is 9.64. The number of amides is 3. The fraction of sp³-hybridized carbons (Fsp3) is 0.231. The van der Waals surface area contributed by atoms with Crippen molar-refractivity contribution in [3.8, 4) is 11.4 Å². The van der Waals surface area contributed by atoms with Crippen molar-refractivity contribution in [2.24, 2.45) is 0 Å². The highest BCUT2D eigenvalue weighted by molar-refractivity contribution is 7.99. The van der Waals surface area contributed by atoms with Crippen LogP contribution in [0.2, 0.25) is 0 Å². The highest BCUT2D eigenvalue weighted by atomic mass is 32.2. The summed E-state index contributed by atoms with van der Waals surface area (Å²) in [6, 6.07) is 4.60. The van der Waals surface area contributed by atoms with Crippen molar-refractivity contribution in [2.45, 2.75) is 11.3 Å². The number of urea groups is 1. The van der Waals surface area contributed by atoms with Crippen LogP contribution in [0.25, 0.3) is 11.4 Å². The molecule has 12 heteroatoms. The molecule has 0 spiro atoms. The average Bonchev–Trinajstić information content (AvgIpc) is 2.99. The molecule has 2 aromatic rings. The lowest BCUT2D eigenvalue weighted by Gasteiger charge is -2.08. The lowest BCUT2D eigenvalue weighted by atomic mass is 10.2. The second-order valence-electron chi connectivity index (χ2n) is 4.58. The van der Waals surface area contributed by atoms with Crippen molar-refractivity contribution in [1.29, 1.82) is 0 Å². The molecule has 0 aliphatic rings. The van der Waals surface area contributed by atoms with Gasteiger partial charge in [0.05, 0.1) is 11.3 Å². The number of hydrogen-bond donors (Lipinski definition) is 3. The lowest BCUT2D eigenvalue weighted by Crippen LogP contribution is -2.43. The number of carbonyl (C=O) groups excluding carboxylic acids is 2. The molecule has 7 nitrogen and oxygen atoms in total. The van der Waals surface area contributed by atoms with Gasteiger partial charge in [-0.05, 0) is 12.1 Å². The normalized spacial score (nSPS) is 11.2. The van der Waals surface area contributed by atoms with Gasteiger partial charge in [0.1, 0.15) is 12.4 Å². The van der Waals surface area contributed by atoms with Crippen LogP contribution in [0, 0.1) is 5.82 Å². The van der Waals surface area contributed by atoms with Crippen LogP contribution >= 0.6 is 11.8 Å². The maximum atomic E-state index is 13.6. The number of alkyl halides is 3. The smallest absolute Gasteiger partial charge is 0.329 e. The Morgan fingerprint density at radius 1 is 1.24 bits per heavy atom. The van der Waals surface area contributed by atoms with Crippen molar-refractivity contribution in [3.05, 3.63) is 30.1 Å². The number of rotatable bonds is 5. The van der Waals surface area contributed by atoms with Crippen LogP contribution in [-0.4, -0.2) is 45.6 Å². The fourth-order valence-electron chi connectivity index (χ4n) is 1.60. The Morgan fingerprint density at radius 2 is 1.96 bits per heavy atom. The molecule has 3 N–H and O–H groups in total. The minimum atomic E-state index is -4.57. The fourth-order valence-corrected chi connectivity index (χ4v) is 2.20. The summed E-state index contributed by atoms with van der Waals surface area (Å²) in [5.41, 5.74) is 0.192. The van der Waals surface area contributed by atoms with Crippen molar-refractivity contribution in [3.63, 3.8) is 0 Å². The summed E-state index contributed by atoms with van der Waals surface area (Å²) < 4.78 is 49.4. The monoisotopic (exact) mass is 377 g/mol. The first-order valence-corrected chi connectivity index (χ1v) is 7.68. The molecule has 0 saturated heterocycles. The number of H-pyrrole nitrogens is 1. The molecule has 3 amide bonds. The van der Waals surface area contributed by atoms with E-state index < -0.39 is 30.5 Å². The quantitative estimate of drug-likeness (QED) is 0.547. The molecule has 1 aromatic heterocycles. The minimum Gasteiger partial charge on any atom is -0.329 e. The molecule has 0 unspecified atom stereocenters. The number of hydrogen-bond acceptors (Lipinski definition) is 5. The highest BCUT2D eigenvalue weighted by Gasteiger charge is 2.28. The lowest BCUT2D eigenvalue weighted by molar-refractivity contribution is -0.124.